The number of rotatable bonds is 7. The van der Waals surface area contributed by atoms with Gasteiger partial charge in [-0.15, -0.1) is 11.3 Å². The normalized spacial score (nSPS) is 10.3. The molecule has 2 amide bonds. The summed E-state index contributed by atoms with van der Waals surface area (Å²) in [6.45, 7) is 4.94. The maximum atomic E-state index is 12.5. The number of ether oxygens (including phenoxy) is 2. The van der Waals surface area contributed by atoms with E-state index >= 15 is 0 Å². The number of hydrogen-bond donors (Lipinski definition) is 1. The fraction of sp³-hybridized carbons (Fsp3) is 0.350. The molecule has 0 saturated heterocycles. The lowest BCUT2D eigenvalue weighted by molar-refractivity contribution is -0.133. The van der Waals surface area contributed by atoms with E-state index in [4.69, 9.17) is 9.47 Å². The van der Waals surface area contributed by atoms with Gasteiger partial charge in [0.25, 0.3) is 5.91 Å². The maximum Gasteiger partial charge on any atom is 0.341 e. The Morgan fingerprint density at radius 2 is 1.86 bits per heavy atom. The molecule has 1 heterocycles. The standard InChI is InChI=1S/C20H24N2O5S/c1-12-13(2)28-19(21-14(3)23)18(12)20(25)27-11-17(24)22(4)10-15-8-6-7-9-16(15)26-5/h6-9H,10-11H2,1-5H3,(H,21,23). The van der Waals surface area contributed by atoms with Crippen LogP contribution in [0.2, 0.25) is 0 Å². The van der Waals surface area contributed by atoms with Crippen LogP contribution in [0.5, 0.6) is 5.75 Å². The fourth-order valence-corrected chi connectivity index (χ4v) is 3.70. The Kier molecular flexibility index (Phi) is 7.17. The summed E-state index contributed by atoms with van der Waals surface area (Å²) < 4.78 is 10.5. The Morgan fingerprint density at radius 3 is 2.50 bits per heavy atom. The smallest absolute Gasteiger partial charge is 0.341 e. The van der Waals surface area contributed by atoms with Crippen LogP contribution in [0.4, 0.5) is 5.00 Å². The molecule has 0 aliphatic heterocycles. The predicted molar refractivity (Wildman–Crippen MR) is 108 cm³/mol. The summed E-state index contributed by atoms with van der Waals surface area (Å²) in [7, 11) is 3.20. The quantitative estimate of drug-likeness (QED) is 0.717. The van der Waals surface area contributed by atoms with Crippen LogP contribution in [0, 0.1) is 13.8 Å². The second-order valence-electron chi connectivity index (χ2n) is 6.31. The van der Waals surface area contributed by atoms with E-state index in [0.29, 0.717) is 17.3 Å². The third kappa shape index (κ3) is 5.10. The Bertz CT molecular complexity index is 891. The maximum absolute atomic E-state index is 12.5. The van der Waals surface area contributed by atoms with Crippen LogP contribution in [0.3, 0.4) is 0 Å². The molecule has 1 aromatic heterocycles. The summed E-state index contributed by atoms with van der Waals surface area (Å²) in [6, 6.07) is 7.40. The van der Waals surface area contributed by atoms with Gasteiger partial charge in [0, 0.05) is 31.0 Å². The van der Waals surface area contributed by atoms with E-state index in [1.54, 1.807) is 21.1 Å². The van der Waals surface area contributed by atoms with Gasteiger partial charge in [-0.2, -0.15) is 0 Å². The van der Waals surface area contributed by atoms with Gasteiger partial charge >= 0.3 is 5.97 Å². The van der Waals surface area contributed by atoms with Crippen molar-refractivity contribution in [2.75, 3.05) is 26.1 Å². The van der Waals surface area contributed by atoms with E-state index in [9.17, 15) is 14.4 Å². The van der Waals surface area contributed by atoms with Gasteiger partial charge in [-0.3, -0.25) is 9.59 Å². The number of likely N-dealkylation sites (N-methyl/N-ethyl adjacent to an activating group) is 1. The summed E-state index contributed by atoms with van der Waals surface area (Å²) >= 11 is 1.30. The van der Waals surface area contributed by atoms with Gasteiger partial charge in [-0.25, -0.2) is 4.79 Å². The molecule has 150 valence electrons. The molecular weight excluding hydrogens is 380 g/mol. The first-order valence-corrected chi connectivity index (χ1v) is 9.46. The molecule has 0 saturated carbocycles. The molecule has 0 unspecified atom stereocenters. The van der Waals surface area contributed by atoms with Crippen molar-refractivity contribution in [3.8, 4) is 5.75 Å². The van der Waals surface area contributed by atoms with E-state index in [-0.39, 0.29) is 17.4 Å². The molecule has 0 fully saturated rings. The predicted octanol–water partition coefficient (Wildman–Crippen LogP) is 3.15. The highest BCUT2D eigenvalue weighted by Gasteiger charge is 2.23. The van der Waals surface area contributed by atoms with Crippen molar-refractivity contribution in [3.63, 3.8) is 0 Å². The molecule has 0 atom stereocenters. The first kappa shape index (κ1) is 21.4. The van der Waals surface area contributed by atoms with Crippen molar-refractivity contribution < 1.29 is 23.9 Å². The third-order valence-electron chi connectivity index (χ3n) is 4.23. The number of methoxy groups -OCH3 is 1. The lowest BCUT2D eigenvalue weighted by Gasteiger charge is -2.18. The van der Waals surface area contributed by atoms with Crippen LogP contribution >= 0.6 is 11.3 Å². The highest BCUT2D eigenvalue weighted by molar-refractivity contribution is 7.16. The fourth-order valence-electron chi connectivity index (χ4n) is 2.61. The second-order valence-corrected chi connectivity index (χ2v) is 7.53. The Labute approximate surface area is 168 Å². The number of esters is 1. The van der Waals surface area contributed by atoms with E-state index < -0.39 is 12.6 Å². The molecule has 1 N–H and O–H groups in total. The zero-order valence-corrected chi connectivity index (χ0v) is 17.4. The van der Waals surface area contributed by atoms with Crippen LogP contribution in [0.25, 0.3) is 0 Å². The number of carbonyl (C=O) groups is 3. The zero-order chi connectivity index (χ0) is 20.8. The number of hydrogen-bond acceptors (Lipinski definition) is 6. The number of nitrogens with zero attached hydrogens (tertiary/aromatic N) is 1. The lowest BCUT2D eigenvalue weighted by atomic mass is 10.1. The molecule has 0 bridgehead atoms. The highest BCUT2D eigenvalue weighted by Crippen LogP contribution is 2.33. The molecule has 28 heavy (non-hydrogen) atoms. The van der Waals surface area contributed by atoms with Gasteiger partial charge < -0.3 is 19.7 Å². The summed E-state index contributed by atoms with van der Waals surface area (Å²) in [5.74, 6) is -0.569. The van der Waals surface area contributed by atoms with Crippen molar-refractivity contribution in [3.05, 3.63) is 45.8 Å². The van der Waals surface area contributed by atoms with Crippen molar-refractivity contribution in [1.82, 2.24) is 4.90 Å². The third-order valence-corrected chi connectivity index (χ3v) is 5.35. The largest absolute Gasteiger partial charge is 0.496 e. The number of nitrogens with one attached hydrogen (secondary N) is 1. The summed E-state index contributed by atoms with van der Waals surface area (Å²) in [6.07, 6.45) is 0. The van der Waals surface area contributed by atoms with Gasteiger partial charge in [0.2, 0.25) is 5.91 Å². The Hall–Kier alpha value is -2.87. The molecule has 7 nitrogen and oxygen atoms in total. The Balaban J connectivity index is 2.02. The van der Waals surface area contributed by atoms with Crippen LogP contribution in [-0.2, 0) is 20.9 Å². The number of aryl methyl sites for hydroxylation is 1. The molecule has 8 heteroatoms. The lowest BCUT2D eigenvalue weighted by Crippen LogP contribution is -2.31. The number of para-hydroxylation sites is 1. The van der Waals surface area contributed by atoms with Gasteiger partial charge in [0.1, 0.15) is 10.8 Å². The molecule has 0 aliphatic rings. The minimum Gasteiger partial charge on any atom is -0.496 e. The number of benzene rings is 1. The molecule has 1 aromatic carbocycles. The van der Waals surface area contributed by atoms with Crippen molar-refractivity contribution in [1.29, 1.82) is 0 Å². The molecular formula is C20H24N2O5S. The number of amides is 2. The minimum absolute atomic E-state index is 0.275. The zero-order valence-electron chi connectivity index (χ0n) is 16.6. The highest BCUT2D eigenvalue weighted by atomic mass is 32.1. The monoisotopic (exact) mass is 404 g/mol. The summed E-state index contributed by atoms with van der Waals surface area (Å²) in [5, 5.41) is 3.07. The SMILES string of the molecule is COc1ccccc1CN(C)C(=O)COC(=O)c1c(NC(C)=O)sc(C)c1C. The van der Waals surface area contributed by atoms with E-state index in [1.807, 2.05) is 31.2 Å². The molecule has 0 spiro atoms. The van der Waals surface area contributed by atoms with Crippen molar-refractivity contribution in [2.45, 2.75) is 27.3 Å². The van der Waals surface area contributed by atoms with Crippen molar-refractivity contribution >= 4 is 34.1 Å². The van der Waals surface area contributed by atoms with Gasteiger partial charge in [-0.1, -0.05) is 18.2 Å². The molecule has 0 radical (unpaired) electrons. The van der Waals surface area contributed by atoms with Crippen LogP contribution in [0.1, 0.15) is 33.3 Å². The van der Waals surface area contributed by atoms with Crippen LogP contribution < -0.4 is 10.1 Å². The summed E-state index contributed by atoms with van der Waals surface area (Å²) in [4.78, 5) is 38.6. The first-order chi connectivity index (χ1) is 13.2. The average molecular weight is 404 g/mol. The van der Waals surface area contributed by atoms with Crippen molar-refractivity contribution in [2.24, 2.45) is 0 Å². The number of anilines is 1. The first-order valence-electron chi connectivity index (χ1n) is 8.65. The van der Waals surface area contributed by atoms with Crippen LogP contribution in [0.15, 0.2) is 24.3 Å². The van der Waals surface area contributed by atoms with E-state index in [0.717, 1.165) is 16.0 Å². The van der Waals surface area contributed by atoms with E-state index in [1.165, 1.54) is 23.2 Å². The number of carbonyl (C=O) groups excluding carboxylic acids is 3. The van der Waals surface area contributed by atoms with Gasteiger partial charge in [0.15, 0.2) is 6.61 Å². The second kappa shape index (κ2) is 9.36. The molecule has 2 aromatic rings. The number of thiophene rings is 1. The Morgan fingerprint density at radius 1 is 1.18 bits per heavy atom. The minimum atomic E-state index is -0.635. The molecule has 2 rings (SSSR count). The van der Waals surface area contributed by atoms with Gasteiger partial charge in [-0.05, 0) is 25.5 Å². The summed E-state index contributed by atoms with van der Waals surface area (Å²) in [5.41, 5.74) is 1.87. The van der Waals surface area contributed by atoms with E-state index in [2.05, 4.69) is 5.32 Å². The molecule has 0 aliphatic carbocycles. The van der Waals surface area contributed by atoms with Crippen LogP contribution in [-0.4, -0.2) is 43.4 Å². The van der Waals surface area contributed by atoms with Gasteiger partial charge in [0.05, 0.1) is 12.7 Å². The topological polar surface area (TPSA) is 84.9 Å². The average Bonchev–Trinajstić information content (AvgIpc) is 2.92.